The Morgan fingerprint density at radius 1 is 1.38 bits per heavy atom. The van der Waals surface area contributed by atoms with Gasteiger partial charge in [-0.1, -0.05) is 31.9 Å². The second kappa shape index (κ2) is 4.84. The summed E-state index contributed by atoms with van der Waals surface area (Å²) in [5.74, 6) is 0. The highest BCUT2D eigenvalue weighted by Gasteiger charge is 2.16. The molecule has 0 fully saturated rings. The third-order valence-corrected chi connectivity index (χ3v) is 5.14. The Bertz CT molecular complexity index is 580. The van der Waals surface area contributed by atoms with Crippen molar-refractivity contribution in [2.24, 2.45) is 0 Å². The molecule has 2 nitrogen and oxygen atoms in total. The van der Waals surface area contributed by atoms with Gasteiger partial charge in [-0.3, -0.25) is 4.21 Å². The average Bonchev–Trinajstić information content (AvgIpc) is 2.55. The monoisotopic (exact) mass is 381 g/mol. The second-order valence-electron chi connectivity index (χ2n) is 3.25. The van der Waals surface area contributed by atoms with Gasteiger partial charge in [0.2, 0.25) is 0 Å². The molecule has 0 saturated carbocycles. The highest BCUT2D eigenvalue weighted by molar-refractivity contribution is 9.11. The highest BCUT2D eigenvalue weighted by atomic mass is 79.9. The van der Waals surface area contributed by atoms with Crippen molar-refractivity contribution in [3.63, 3.8) is 0 Å². The number of hydrogen-bond donors (Lipinski definition) is 1. The van der Waals surface area contributed by atoms with Crippen molar-refractivity contribution in [3.05, 3.63) is 21.1 Å². The molecule has 1 aromatic heterocycles. The zero-order valence-electron chi connectivity index (χ0n) is 8.64. The summed E-state index contributed by atoms with van der Waals surface area (Å²) in [4.78, 5) is 4.16. The SMILES string of the molecule is CSc1[nH]c2cc(Br)cc(Br)c2c1[S@@](C)=O. The van der Waals surface area contributed by atoms with Crippen molar-refractivity contribution in [1.29, 1.82) is 0 Å². The van der Waals surface area contributed by atoms with E-state index in [4.69, 9.17) is 0 Å². The summed E-state index contributed by atoms with van der Waals surface area (Å²) in [6, 6.07) is 3.97. The number of aromatic amines is 1. The fraction of sp³-hybridized carbons (Fsp3) is 0.200. The third-order valence-electron chi connectivity index (χ3n) is 2.23. The van der Waals surface area contributed by atoms with E-state index in [0.29, 0.717) is 0 Å². The molecule has 0 saturated heterocycles. The number of fused-ring (bicyclic) bond motifs is 1. The van der Waals surface area contributed by atoms with Crippen LogP contribution < -0.4 is 0 Å². The van der Waals surface area contributed by atoms with Crippen LogP contribution in [0.3, 0.4) is 0 Å². The Labute approximate surface area is 117 Å². The molecular formula is C10H9Br2NOS2. The molecule has 0 bridgehead atoms. The van der Waals surface area contributed by atoms with E-state index in [1.54, 1.807) is 18.0 Å². The van der Waals surface area contributed by atoms with Gasteiger partial charge in [0.05, 0.1) is 20.7 Å². The lowest BCUT2D eigenvalue weighted by Crippen LogP contribution is -1.88. The van der Waals surface area contributed by atoms with Crippen LogP contribution in [0.5, 0.6) is 0 Å². The molecule has 86 valence electrons. The van der Waals surface area contributed by atoms with E-state index < -0.39 is 10.8 Å². The van der Waals surface area contributed by atoms with E-state index in [9.17, 15) is 4.21 Å². The summed E-state index contributed by atoms with van der Waals surface area (Å²) in [5, 5.41) is 1.98. The molecule has 2 rings (SSSR count). The first kappa shape index (κ1) is 12.7. The zero-order chi connectivity index (χ0) is 11.9. The summed E-state index contributed by atoms with van der Waals surface area (Å²) in [6.07, 6.45) is 3.68. The van der Waals surface area contributed by atoms with Gasteiger partial charge in [0.1, 0.15) is 0 Å². The van der Waals surface area contributed by atoms with E-state index in [1.807, 2.05) is 18.4 Å². The largest absolute Gasteiger partial charge is 0.349 e. The lowest BCUT2D eigenvalue weighted by molar-refractivity contribution is 0.686. The fourth-order valence-corrected chi connectivity index (χ4v) is 5.09. The van der Waals surface area contributed by atoms with Gasteiger partial charge in [-0.25, -0.2) is 0 Å². The third kappa shape index (κ3) is 2.12. The summed E-state index contributed by atoms with van der Waals surface area (Å²) in [7, 11) is -0.998. The average molecular weight is 383 g/mol. The molecule has 16 heavy (non-hydrogen) atoms. The fourth-order valence-electron chi connectivity index (χ4n) is 1.61. The summed E-state index contributed by atoms with van der Waals surface area (Å²) in [5.41, 5.74) is 0.996. The molecule has 0 unspecified atom stereocenters. The lowest BCUT2D eigenvalue weighted by Gasteiger charge is -2.00. The quantitative estimate of drug-likeness (QED) is 0.791. The molecule has 0 radical (unpaired) electrons. The van der Waals surface area contributed by atoms with Crippen LogP contribution in [0.4, 0.5) is 0 Å². The van der Waals surface area contributed by atoms with Gasteiger partial charge in [-0.2, -0.15) is 0 Å². The predicted molar refractivity (Wildman–Crippen MR) is 77.8 cm³/mol. The lowest BCUT2D eigenvalue weighted by atomic mass is 10.2. The van der Waals surface area contributed by atoms with Gasteiger partial charge in [0.15, 0.2) is 0 Å². The summed E-state index contributed by atoms with van der Waals surface area (Å²) < 4.78 is 13.7. The summed E-state index contributed by atoms with van der Waals surface area (Å²) >= 11 is 8.54. The minimum absolute atomic E-state index is 0.877. The Kier molecular flexibility index (Phi) is 3.83. The maximum absolute atomic E-state index is 11.8. The standard InChI is InChI=1S/C10H9Br2NOS2/c1-15-10-9(16(2)14)8-6(12)3-5(11)4-7(8)13-10/h3-4,13H,1-2H3/t16-/m1/s1. The number of H-pyrrole nitrogens is 1. The van der Waals surface area contributed by atoms with E-state index in [1.165, 1.54) is 0 Å². The molecule has 1 atom stereocenters. The highest BCUT2D eigenvalue weighted by Crippen LogP contribution is 2.37. The Hall–Kier alpha value is 0.220. The molecule has 0 aliphatic carbocycles. The maximum Gasteiger partial charge on any atom is 0.0894 e. The first-order valence-corrected chi connectivity index (χ1v) is 8.79. The van der Waals surface area contributed by atoms with E-state index in [2.05, 4.69) is 36.8 Å². The first-order chi connectivity index (χ1) is 7.54. The van der Waals surface area contributed by atoms with Crippen LogP contribution in [0, 0.1) is 0 Å². The number of nitrogens with one attached hydrogen (secondary N) is 1. The van der Waals surface area contributed by atoms with Gasteiger partial charge in [0, 0.05) is 26.1 Å². The van der Waals surface area contributed by atoms with Gasteiger partial charge < -0.3 is 4.98 Å². The van der Waals surface area contributed by atoms with Gasteiger partial charge in [-0.05, 0) is 18.4 Å². The van der Waals surface area contributed by atoms with E-state index >= 15 is 0 Å². The van der Waals surface area contributed by atoms with Crippen LogP contribution >= 0.6 is 43.6 Å². The number of halogens is 2. The minimum atomic E-state index is -0.998. The number of aromatic nitrogens is 1. The molecule has 1 aromatic carbocycles. The van der Waals surface area contributed by atoms with Gasteiger partial charge >= 0.3 is 0 Å². The second-order valence-corrected chi connectivity index (χ2v) is 7.15. The van der Waals surface area contributed by atoms with Crippen LogP contribution in [-0.4, -0.2) is 21.7 Å². The predicted octanol–water partition coefficient (Wildman–Crippen LogP) is 4.15. The van der Waals surface area contributed by atoms with Crippen LogP contribution in [0.25, 0.3) is 10.9 Å². The van der Waals surface area contributed by atoms with E-state index in [-0.39, 0.29) is 0 Å². The van der Waals surface area contributed by atoms with Crippen molar-refractivity contribution in [2.75, 3.05) is 12.5 Å². The smallest absolute Gasteiger partial charge is 0.0894 e. The summed E-state index contributed by atoms with van der Waals surface area (Å²) in [6.45, 7) is 0. The number of hydrogen-bond acceptors (Lipinski definition) is 2. The Morgan fingerprint density at radius 2 is 2.06 bits per heavy atom. The molecule has 1 heterocycles. The first-order valence-electron chi connectivity index (χ1n) is 4.42. The molecule has 0 amide bonds. The van der Waals surface area contributed by atoms with Crippen molar-refractivity contribution in [2.45, 2.75) is 9.92 Å². The number of benzene rings is 1. The number of rotatable bonds is 2. The molecule has 1 N–H and O–H groups in total. The molecule has 0 spiro atoms. The molecule has 6 heteroatoms. The van der Waals surface area contributed by atoms with Crippen LogP contribution in [0.1, 0.15) is 0 Å². The molecule has 2 aromatic rings. The number of thioether (sulfide) groups is 1. The minimum Gasteiger partial charge on any atom is -0.349 e. The zero-order valence-corrected chi connectivity index (χ0v) is 13.4. The van der Waals surface area contributed by atoms with Crippen molar-refractivity contribution in [3.8, 4) is 0 Å². The van der Waals surface area contributed by atoms with Crippen molar-refractivity contribution in [1.82, 2.24) is 4.98 Å². The Morgan fingerprint density at radius 3 is 2.62 bits per heavy atom. The topological polar surface area (TPSA) is 32.9 Å². The molecular weight excluding hydrogens is 374 g/mol. The molecule has 0 aliphatic heterocycles. The van der Waals surface area contributed by atoms with Gasteiger partial charge in [0.25, 0.3) is 0 Å². The van der Waals surface area contributed by atoms with Crippen molar-refractivity contribution < 1.29 is 4.21 Å². The van der Waals surface area contributed by atoms with Crippen LogP contribution in [-0.2, 0) is 10.8 Å². The van der Waals surface area contributed by atoms with Crippen LogP contribution in [0.2, 0.25) is 0 Å². The molecule has 0 aliphatic rings. The van der Waals surface area contributed by atoms with Gasteiger partial charge in [-0.15, -0.1) is 11.8 Å². The van der Waals surface area contributed by atoms with Crippen LogP contribution in [0.15, 0.2) is 31.0 Å². The maximum atomic E-state index is 11.8. The van der Waals surface area contributed by atoms with E-state index in [0.717, 1.165) is 29.8 Å². The van der Waals surface area contributed by atoms with Crippen molar-refractivity contribution >= 4 is 65.3 Å². The Balaban J connectivity index is 2.90. The normalized spacial score (nSPS) is 13.2.